The molecule has 2 unspecified atom stereocenters. The van der Waals surface area contributed by atoms with Crippen LogP contribution < -0.4 is 10.9 Å². The van der Waals surface area contributed by atoms with E-state index in [0.29, 0.717) is 6.07 Å². The Hall–Kier alpha value is -4.57. The molecule has 49 heavy (non-hydrogen) atoms. The van der Waals surface area contributed by atoms with Gasteiger partial charge in [-0.05, 0) is 94.1 Å². The fourth-order valence-corrected chi connectivity index (χ4v) is 5.84. The van der Waals surface area contributed by atoms with Gasteiger partial charge in [-0.1, -0.05) is 19.8 Å². The van der Waals surface area contributed by atoms with Gasteiger partial charge in [-0.25, -0.2) is 13.2 Å². The summed E-state index contributed by atoms with van der Waals surface area (Å²) >= 11 is 0. The number of halogens is 6. The highest BCUT2D eigenvalue weighted by atomic mass is 19.4. The number of rotatable bonds is 12. The summed E-state index contributed by atoms with van der Waals surface area (Å²) in [6.45, 7) is 8.05. The van der Waals surface area contributed by atoms with Crippen molar-refractivity contribution in [2.24, 2.45) is 5.92 Å². The van der Waals surface area contributed by atoms with Gasteiger partial charge in [-0.15, -0.1) is 5.92 Å². The van der Waals surface area contributed by atoms with Crippen molar-refractivity contribution in [1.29, 1.82) is 0 Å². The number of carboxylic acids is 1. The molecule has 7 nitrogen and oxygen atoms in total. The molecule has 13 heteroatoms. The number of nitrogens with zero attached hydrogens (tertiary/aromatic N) is 2. The lowest BCUT2D eigenvalue weighted by Crippen LogP contribution is -2.41. The maximum atomic E-state index is 16.7. The molecule has 2 atom stereocenters. The number of likely N-dealkylation sites (N-methyl/N-ethyl adjacent to an activating group) is 1. The lowest BCUT2D eigenvalue weighted by molar-refractivity contribution is -0.139. The molecule has 0 aliphatic heterocycles. The predicted octanol–water partition coefficient (Wildman–Crippen LogP) is 6.96. The maximum absolute atomic E-state index is 16.7. The monoisotopic (exact) mass is 691 g/mol. The third kappa shape index (κ3) is 9.32. The first-order valence-electron chi connectivity index (χ1n) is 15.5. The van der Waals surface area contributed by atoms with Gasteiger partial charge in [0.15, 0.2) is 0 Å². The molecule has 2 N–H and O–H groups in total. The fraction of sp³-hybridized carbons (Fsp3) is 0.417. The summed E-state index contributed by atoms with van der Waals surface area (Å²) in [5.74, 6) is -0.718. The minimum absolute atomic E-state index is 0.0841. The lowest BCUT2D eigenvalue weighted by Gasteiger charge is -2.27. The first-order chi connectivity index (χ1) is 22.8. The van der Waals surface area contributed by atoms with Gasteiger partial charge in [0, 0.05) is 35.5 Å². The quantitative estimate of drug-likeness (QED) is 0.158. The Balaban J connectivity index is 2.25. The summed E-state index contributed by atoms with van der Waals surface area (Å²) in [4.78, 5) is 40.8. The number of carbonyl (C=O) groups is 2. The number of aryl methyl sites for hydroxylation is 2. The van der Waals surface area contributed by atoms with Crippen molar-refractivity contribution < 1.29 is 41.0 Å². The average molecular weight is 692 g/mol. The summed E-state index contributed by atoms with van der Waals surface area (Å²) in [6.07, 6.45) is -5.09. The average Bonchev–Trinajstić information content (AvgIpc) is 2.95. The van der Waals surface area contributed by atoms with E-state index >= 15 is 8.78 Å². The van der Waals surface area contributed by atoms with E-state index in [2.05, 4.69) is 17.2 Å². The number of nitrogens with one attached hydrogen (secondary N) is 1. The van der Waals surface area contributed by atoms with Crippen molar-refractivity contribution in [3.8, 4) is 23.0 Å². The number of hydrogen-bond acceptors (Lipinski definition) is 4. The highest BCUT2D eigenvalue weighted by molar-refractivity contribution is 5.83. The second-order valence-electron chi connectivity index (χ2n) is 12.6. The highest BCUT2D eigenvalue weighted by Gasteiger charge is 2.36. The van der Waals surface area contributed by atoms with E-state index in [1.807, 2.05) is 0 Å². The Kier molecular flexibility index (Phi) is 12.5. The zero-order chi connectivity index (χ0) is 37.0. The number of pyridine rings is 1. The van der Waals surface area contributed by atoms with Crippen LogP contribution in [0.15, 0.2) is 35.3 Å². The Labute approximate surface area is 280 Å². The van der Waals surface area contributed by atoms with Crippen molar-refractivity contribution >= 4 is 11.9 Å². The van der Waals surface area contributed by atoms with Crippen LogP contribution in [-0.2, 0) is 22.2 Å². The summed E-state index contributed by atoms with van der Waals surface area (Å²) < 4.78 is 89.3. The lowest BCUT2D eigenvalue weighted by atomic mass is 9.88. The van der Waals surface area contributed by atoms with Gasteiger partial charge in [0.25, 0.3) is 5.56 Å². The Morgan fingerprint density at radius 1 is 1.02 bits per heavy atom. The summed E-state index contributed by atoms with van der Waals surface area (Å²) in [7, 11) is 3.31. The second-order valence-corrected chi connectivity index (χ2v) is 12.6. The third-order valence-electron chi connectivity index (χ3n) is 7.93. The number of carboxylic acid groups (broad SMARTS) is 1. The molecule has 1 aromatic heterocycles. The van der Waals surface area contributed by atoms with Gasteiger partial charge >= 0.3 is 12.1 Å². The van der Waals surface area contributed by atoms with Crippen LogP contribution in [0.4, 0.5) is 26.3 Å². The summed E-state index contributed by atoms with van der Waals surface area (Å²) in [5.41, 5.74) is -2.91. The predicted molar refractivity (Wildman–Crippen MR) is 173 cm³/mol. The largest absolute Gasteiger partial charge is 0.481 e. The summed E-state index contributed by atoms with van der Waals surface area (Å²) in [6, 6.07) is 0.303. The molecular formula is C36H39F6N3O4. The molecule has 1 amide bonds. The van der Waals surface area contributed by atoms with Crippen LogP contribution in [0.1, 0.15) is 79.1 Å². The van der Waals surface area contributed by atoms with Crippen LogP contribution in [-0.4, -0.2) is 47.1 Å². The molecule has 0 spiro atoms. The van der Waals surface area contributed by atoms with Gasteiger partial charge in [-0.3, -0.25) is 14.4 Å². The fourth-order valence-electron chi connectivity index (χ4n) is 5.84. The van der Waals surface area contributed by atoms with Crippen LogP contribution in [0, 0.1) is 49.1 Å². The van der Waals surface area contributed by atoms with E-state index in [4.69, 9.17) is 0 Å². The number of aliphatic carboxylic acids is 1. The standard InChI is InChI=1S/C36H39F6N3O4/c1-8-9-22-15-26(38)33(34(39)32(22)31-20(4)13-24(37)14-21(31)5)27(17-30(47)48)43-35(49)28(12-19(2)3)45-18-23(10-11-44(6)7)25(16-29(45)46)36(40,41)42/h13-16,18-19,27-28H,10-12,17H2,1-7H3,(H,43,49)(H,47,48). The third-order valence-corrected chi connectivity index (χ3v) is 7.93. The van der Waals surface area contributed by atoms with E-state index in [9.17, 15) is 37.1 Å². The number of alkyl halides is 3. The van der Waals surface area contributed by atoms with Gasteiger partial charge in [0.1, 0.15) is 23.5 Å². The number of hydrogen-bond donors (Lipinski definition) is 2. The number of amides is 1. The van der Waals surface area contributed by atoms with E-state index in [1.165, 1.54) is 20.8 Å². The van der Waals surface area contributed by atoms with Crippen molar-refractivity contribution in [2.75, 3.05) is 20.6 Å². The molecule has 2 aromatic carbocycles. The minimum atomic E-state index is -4.86. The maximum Gasteiger partial charge on any atom is 0.416 e. The topological polar surface area (TPSA) is 91.6 Å². The van der Waals surface area contributed by atoms with E-state index < -0.39 is 70.7 Å². The molecule has 3 aromatic rings. The minimum Gasteiger partial charge on any atom is -0.481 e. The van der Waals surface area contributed by atoms with Crippen molar-refractivity contribution in [3.05, 3.63) is 91.6 Å². The first kappa shape index (κ1) is 38.9. The van der Waals surface area contributed by atoms with E-state index in [0.717, 1.165) is 29.0 Å². The smallest absolute Gasteiger partial charge is 0.416 e. The molecule has 0 aliphatic carbocycles. The van der Waals surface area contributed by atoms with Crippen molar-refractivity contribution in [2.45, 2.75) is 72.1 Å². The molecule has 0 saturated carbocycles. The van der Waals surface area contributed by atoms with E-state index in [-0.39, 0.29) is 58.7 Å². The first-order valence-corrected chi connectivity index (χ1v) is 15.5. The van der Waals surface area contributed by atoms with Crippen LogP contribution in [0.25, 0.3) is 11.1 Å². The molecule has 0 bridgehead atoms. The SMILES string of the molecule is CC#Cc1cc(F)c(C(CC(=O)O)NC(=O)C(CC(C)C)n2cc(CCN(C)C)c(C(F)(F)F)cc2=O)c(F)c1-c1c(C)cc(F)cc1C. The van der Waals surface area contributed by atoms with Crippen molar-refractivity contribution in [3.63, 3.8) is 0 Å². The Morgan fingerprint density at radius 3 is 2.14 bits per heavy atom. The molecule has 0 fully saturated rings. The normalized spacial score (nSPS) is 12.9. The van der Waals surface area contributed by atoms with Crippen LogP contribution in [0.2, 0.25) is 0 Å². The van der Waals surface area contributed by atoms with Gasteiger partial charge in [0.2, 0.25) is 5.91 Å². The molecule has 0 saturated heterocycles. The van der Waals surface area contributed by atoms with Crippen LogP contribution in [0.5, 0.6) is 0 Å². The summed E-state index contributed by atoms with van der Waals surface area (Å²) in [5, 5.41) is 12.1. The Bertz CT molecular complexity index is 1830. The van der Waals surface area contributed by atoms with Crippen LogP contribution in [0.3, 0.4) is 0 Å². The molecule has 264 valence electrons. The highest BCUT2D eigenvalue weighted by Crippen LogP contribution is 2.38. The molecule has 0 aliphatic rings. The zero-order valence-corrected chi connectivity index (χ0v) is 28.3. The Morgan fingerprint density at radius 2 is 1.63 bits per heavy atom. The van der Waals surface area contributed by atoms with Crippen LogP contribution >= 0.6 is 0 Å². The van der Waals surface area contributed by atoms with Gasteiger partial charge in [0.05, 0.1) is 18.0 Å². The van der Waals surface area contributed by atoms with Crippen molar-refractivity contribution in [1.82, 2.24) is 14.8 Å². The van der Waals surface area contributed by atoms with Gasteiger partial charge in [-0.2, -0.15) is 13.2 Å². The van der Waals surface area contributed by atoms with E-state index in [1.54, 1.807) is 32.8 Å². The molecule has 0 radical (unpaired) electrons. The van der Waals surface area contributed by atoms with Gasteiger partial charge < -0.3 is 19.9 Å². The second kappa shape index (κ2) is 15.8. The molecule has 1 heterocycles. The number of benzene rings is 2. The molecular weight excluding hydrogens is 652 g/mol. The zero-order valence-electron chi connectivity index (χ0n) is 28.3. The number of carbonyl (C=O) groups excluding carboxylic acids is 1. The number of aromatic nitrogens is 1. The molecule has 3 rings (SSSR count).